The molecule has 1 fully saturated rings. The van der Waals surface area contributed by atoms with E-state index in [2.05, 4.69) is 15.4 Å². The smallest absolute Gasteiger partial charge is 0.408 e. The molecule has 2 atom stereocenters. The van der Waals surface area contributed by atoms with Crippen LogP contribution in [0.15, 0.2) is 67.3 Å². The van der Waals surface area contributed by atoms with E-state index in [9.17, 15) is 4.79 Å². The van der Waals surface area contributed by atoms with Gasteiger partial charge >= 0.3 is 6.09 Å². The van der Waals surface area contributed by atoms with Crippen LogP contribution in [-0.4, -0.2) is 27.0 Å². The summed E-state index contributed by atoms with van der Waals surface area (Å²) in [5, 5.41) is 7.12. The van der Waals surface area contributed by atoms with Crippen LogP contribution in [-0.2, 0) is 23.4 Å². The lowest BCUT2D eigenvalue weighted by Gasteiger charge is -2.31. The molecule has 0 saturated carbocycles. The summed E-state index contributed by atoms with van der Waals surface area (Å²) in [5.74, 6) is 0.761. The van der Waals surface area contributed by atoms with Crippen molar-refractivity contribution in [1.29, 1.82) is 0 Å². The average Bonchev–Trinajstić information content (AvgIpc) is 3.29. The topological polar surface area (TPSA) is 78.3 Å². The number of benzene rings is 2. The Kier molecular flexibility index (Phi) is 4.50. The summed E-state index contributed by atoms with van der Waals surface area (Å²) in [7, 11) is 0. The maximum absolute atomic E-state index is 11.9. The van der Waals surface area contributed by atoms with Crippen LogP contribution in [0, 0.1) is 0 Å². The maximum atomic E-state index is 11.9. The van der Waals surface area contributed by atoms with Crippen molar-refractivity contribution in [1.82, 2.24) is 20.1 Å². The average molecular weight is 364 g/mol. The minimum absolute atomic E-state index is 0.356. The fourth-order valence-corrected chi connectivity index (χ4v) is 3.30. The fraction of sp³-hybridized carbons (Fsp3) is 0.250. The van der Waals surface area contributed by atoms with Crippen LogP contribution in [0.2, 0.25) is 0 Å². The third-order valence-electron chi connectivity index (χ3n) is 4.80. The number of aromatic nitrogens is 3. The van der Waals surface area contributed by atoms with Gasteiger partial charge in [0.1, 0.15) is 36.7 Å². The van der Waals surface area contributed by atoms with E-state index in [0.717, 1.165) is 16.9 Å². The summed E-state index contributed by atoms with van der Waals surface area (Å²) in [4.78, 5) is 15.9. The molecular weight excluding hydrogens is 344 g/mol. The fourth-order valence-electron chi connectivity index (χ4n) is 3.30. The van der Waals surface area contributed by atoms with Crippen LogP contribution >= 0.6 is 0 Å². The molecule has 0 unspecified atom stereocenters. The van der Waals surface area contributed by atoms with E-state index in [4.69, 9.17) is 9.47 Å². The number of hydrogen-bond donors (Lipinski definition) is 1. The molecule has 0 bridgehead atoms. The SMILES string of the molecule is C[C@@H]1OC(=O)N[C@]1(Cn1cncn1)c1ccc(OCc2ccccc2)cc1. The predicted molar refractivity (Wildman–Crippen MR) is 98.0 cm³/mol. The van der Waals surface area contributed by atoms with Gasteiger partial charge in [-0.3, -0.25) is 4.68 Å². The number of amides is 1. The number of nitrogens with one attached hydrogen (secondary N) is 1. The Bertz CT molecular complexity index is 897. The monoisotopic (exact) mass is 364 g/mol. The first-order valence-electron chi connectivity index (χ1n) is 8.74. The quantitative estimate of drug-likeness (QED) is 0.728. The molecule has 0 aliphatic carbocycles. The molecule has 4 rings (SSSR count). The highest BCUT2D eigenvalue weighted by atomic mass is 16.6. The molecule has 1 aliphatic rings. The van der Waals surface area contributed by atoms with Gasteiger partial charge in [0.25, 0.3) is 0 Å². The largest absolute Gasteiger partial charge is 0.489 e. The van der Waals surface area contributed by atoms with E-state index in [1.54, 1.807) is 11.0 Å². The van der Waals surface area contributed by atoms with Crippen molar-refractivity contribution < 1.29 is 14.3 Å². The number of nitrogens with zero attached hydrogens (tertiary/aromatic N) is 3. The Morgan fingerprint density at radius 2 is 1.96 bits per heavy atom. The van der Waals surface area contributed by atoms with Gasteiger partial charge in [0.15, 0.2) is 0 Å². The lowest BCUT2D eigenvalue weighted by Crippen LogP contribution is -2.48. The molecular formula is C20H20N4O3. The molecule has 1 aliphatic heterocycles. The van der Waals surface area contributed by atoms with Crippen LogP contribution in [0.3, 0.4) is 0 Å². The van der Waals surface area contributed by atoms with Gasteiger partial charge in [-0.15, -0.1) is 0 Å². The first-order valence-corrected chi connectivity index (χ1v) is 8.74. The molecule has 3 aromatic rings. The second-order valence-corrected chi connectivity index (χ2v) is 6.54. The van der Waals surface area contributed by atoms with E-state index < -0.39 is 11.6 Å². The normalized spacial score (nSPS) is 21.5. The van der Waals surface area contributed by atoms with E-state index in [0.29, 0.717) is 13.2 Å². The molecule has 1 N–H and O–H groups in total. The summed E-state index contributed by atoms with van der Waals surface area (Å²) in [5.41, 5.74) is 1.31. The summed E-state index contributed by atoms with van der Waals surface area (Å²) < 4.78 is 12.9. The van der Waals surface area contributed by atoms with Crippen LogP contribution in [0.4, 0.5) is 4.79 Å². The Morgan fingerprint density at radius 1 is 1.19 bits per heavy atom. The van der Waals surface area contributed by atoms with Gasteiger partial charge in [-0.1, -0.05) is 42.5 Å². The minimum atomic E-state index is -0.720. The Morgan fingerprint density at radius 3 is 2.59 bits per heavy atom. The van der Waals surface area contributed by atoms with Crippen molar-refractivity contribution in [2.75, 3.05) is 0 Å². The number of carbonyl (C=O) groups is 1. The van der Waals surface area contributed by atoms with Gasteiger partial charge < -0.3 is 14.8 Å². The Hall–Kier alpha value is -3.35. The molecule has 2 heterocycles. The van der Waals surface area contributed by atoms with Crippen molar-refractivity contribution in [2.24, 2.45) is 0 Å². The maximum Gasteiger partial charge on any atom is 0.408 e. The number of alkyl carbamates (subject to hydrolysis) is 1. The van der Waals surface area contributed by atoms with Gasteiger partial charge in [-0.2, -0.15) is 5.10 Å². The molecule has 7 heteroatoms. The molecule has 2 aromatic carbocycles. The number of cyclic esters (lactones) is 1. The van der Waals surface area contributed by atoms with Crippen molar-refractivity contribution >= 4 is 6.09 Å². The van der Waals surface area contributed by atoms with Crippen LogP contribution in [0.1, 0.15) is 18.1 Å². The second kappa shape index (κ2) is 7.11. The Labute approximate surface area is 156 Å². The zero-order chi connectivity index (χ0) is 18.7. The van der Waals surface area contributed by atoms with Gasteiger partial charge in [0, 0.05) is 0 Å². The van der Waals surface area contributed by atoms with Gasteiger partial charge in [-0.05, 0) is 30.2 Å². The summed E-state index contributed by atoms with van der Waals surface area (Å²) in [6, 6.07) is 17.7. The van der Waals surface area contributed by atoms with Crippen molar-refractivity contribution in [2.45, 2.75) is 31.7 Å². The summed E-state index contributed by atoms with van der Waals surface area (Å²) in [6.07, 6.45) is 2.30. The van der Waals surface area contributed by atoms with E-state index in [1.165, 1.54) is 6.33 Å². The third-order valence-corrected chi connectivity index (χ3v) is 4.80. The zero-order valence-corrected chi connectivity index (χ0v) is 14.9. The molecule has 1 aromatic heterocycles. The van der Waals surface area contributed by atoms with Gasteiger partial charge in [0.05, 0.1) is 6.54 Å². The molecule has 7 nitrogen and oxygen atoms in total. The lowest BCUT2D eigenvalue weighted by molar-refractivity contribution is 0.111. The van der Waals surface area contributed by atoms with Crippen molar-refractivity contribution in [3.8, 4) is 5.75 Å². The highest BCUT2D eigenvalue weighted by molar-refractivity contribution is 5.72. The molecule has 1 saturated heterocycles. The number of rotatable bonds is 6. The van der Waals surface area contributed by atoms with Gasteiger partial charge in [0.2, 0.25) is 0 Å². The zero-order valence-electron chi connectivity index (χ0n) is 14.9. The van der Waals surface area contributed by atoms with Crippen LogP contribution < -0.4 is 10.1 Å². The highest BCUT2D eigenvalue weighted by Crippen LogP contribution is 2.34. The number of ether oxygens (including phenoxy) is 2. The molecule has 27 heavy (non-hydrogen) atoms. The number of carbonyl (C=O) groups excluding carboxylic acids is 1. The third kappa shape index (κ3) is 3.48. The molecule has 0 spiro atoms. The molecule has 0 radical (unpaired) electrons. The first kappa shape index (κ1) is 17.1. The Balaban J connectivity index is 1.55. The summed E-state index contributed by atoms with van der Waals surface area (Å²) in [6.45, 7) is 2.79. The molecule has 1 amide bonds. The highest BCUT2D eigenvalue weighted by Gasteiger charge is 2.48. The van der Waals surface area contributed by atoms with Crippen LogP contribution in [0.25, 0.3) is 0 Å². The van der Waals surface area contributed by atoms with Gasteiger partial charge in [-0.25, -0.2) is 9.78 Å². The van der Waals surface area contributed by atoms with Crippen LogP contribution in [0.5, 0.6) is 5.75 Å². The number of hydrogen-bond acceptors (Lipinski definition) is 5. The van der Waals surface area contributed by atoms with E-state index in [-0.39, 0.29) is 6.10 Å². The van der Waals surface area contributed by atoms with Crippen molar-refractivity contribution in [3.05, 3.63) is 78.4 Å². The minimum Gasteiger partial charge on any atom is -0.489 e. The van der Waals surface area contributed by atoms with E-state index in [1.807, 2.05) is 61.5 Å². The standard InChI is InChI=1S/C20H20N4O3/c1-15-20(23-19(25)27-15,12-24-14-21-13-22-24)17-7-9-18(10-8-17)26-11-16-5-3-2-4-6-16/h2-10,13-15H,11-12H2,1H3,(H,23,25)/t15-,20-/m0/s1. The van der Waals surface area contributed by atoms with E-state index >= 15 is 0 Å². The van der Waals surface area contributed by atoms with Crippen molar-refractivity contribution in [3.63, 3.8) is 0 Å². The summed E-state index contributed by atoms with van der Waals surface area (Å²) >= 11 is 0. The lowest BCUT2D eigenvalue weighted by atomic mass is 9.85. The first-order chi connectivity index (χ1) is 13.2. The molecule has 138 valence electrons. The second-order valence-electron chi connectivity index (χ2n) is 6.54. The predicted octanol–water partition coefficient (Wildman–Crippen LogP) is 2.88.